The maximum atomic E-state index is 11.7. The highest BCUT2D eigenvalue weighted by molar-refractivity contribution is 5.88. The fourth-order valence-corrected chi connectivity index (χ4v) is 1.60. The third-order valence-electron chi connectivity index (χ3n) is 2.71. The lowest BCUT2D eigenvalue weighted by Gasteiger charge is -1.99. The Morgan fingerprint density at radius 3 is 3.00 bits per heavy atom. The number of nitrogens with one attached hydrogen (secondary N) is 1. The van der Waals surface area contributed by atoms with Crippen molar-refractivity contribution in [2.24, 2.45) is 5.73 Å². The lowest BCUT2D eigenvalue weighted by Crippen LogP contribution is -2.19. The van der Waals surface area contributed by atoms with Gasteiger partial charge in [0.1, 0.15) is 6.54 Å². The lowest BCUT2D eigenvalue weighted by atomic mass is 10.4. The molecular weight excluding hydrogens is 250 g/mol. The highest BCUT2D eigenvalue weighted by Crippen LogP contribution is 2.39. The van der Waals surface area contributed by atoms with Gasteiger partial charge in [-0.1, -0.05) is 10.3 Å². The van der Waals surface area contributed by atoms with Crippen molar-refractivity contribution >= 4 is 11.9 Å². The van der Waals surface area contributed by atoms with E-state index in [1.165, 1.54) is 4.68 Å². The molecule has 1 amide bonds. The van der Waals surface area contributed by atoms with Gasteiger partial charge in [0, 0.05) is 12.5 Å². The van der Waals surface area contributed by atoms with E-state index in [0.717, 1.165) is 12.8 Å². The van der Waals surface area contributed by atoms with E-state index in [1.807, 2.05) is 0 Å². The summed E-state index contributed by atoms with van der Waals surface area (Å²) in [4.78, 5) is 11.7. The number of amides is 1. The van der Waals surface area contributed by atoms with Gasteiger partial charge in [-0.15, -0.1) is 10.2 Å². The molecule has 2 heterocycles. The molecule has 0 radical (unpaired) electrons. The van der Waals surface area contributed by atoms with Crippen LogP contribution in [0.3, 0.4) is 0 Å². The molecule has 1 aliphatic rings. The zero-order chi connectivity index (χ0) is 13.2. The number of nitrogens with two attached hydrogens (primary N) is 1. The van der Waals surface area contributed by atoms with Crippen LogP contribution >= 0.6 is 0 Å². The SMILES string of the molecule is NCc1cn(CC(=O)Nc2nnc(C3CC3)o2)nn1. The van der Waals surface area contributed by atoms with E-state index in [9.17, 15) is 4.79 Å². The first-order valence-electron chi connectivity index (χ1n) is 5.97. The van der Waals surface area contributed by atoms with Gasteiger partial charge in [-0.2, -0.15) is 0 Å². The van der Waals surface area contributed by atoms with Crippen molar-refractivity contribution in [3.05, 3.63) is 17.8 Å². The first kappa shape index (κ1) is 11.8. The first-order chi connectivity index (χ1) is 9.24. The van der Waals surface area contributed by atoms with Crippen LogP contribution in [0.2, 0.25) is 0 Å². The molecule has 2 aromatic rings. The second-order valence-electron chi connectivity index (χ2n) is 4.38. The Labute approximate surface area is 108 Å². The molecule has 3 rings (SSSR count). The van der Waals surface area contributed by atoms with Gasteiger partial charge in [0.25, 0.3) is 0 Å². The fourth-order valence-electron chi connectivity index (χ4n) is 1.60. The average molecular weight is 263 g/mol. The van der Waals surface area contributed by atoms with E-state index >= 15 is 0 Å². The number of hydrogen-bond acceptors (Lipinski definition) is 7. The zero-order valence-corrected chi connectivity index (χ0v) is 10.1. The van der Waals surface area contributed by atoms with Gasteiger partial charge in [-0.05, 0) is 12.8 Å². The maximum absolute atomic E-state index is 11.7. The standard InChI is InChI=1S/C10H13N7O2/c11-3-7-4-17(16-13-7)5-8(18)12-10-15-14-9(19-10)6-1-2-6/h4,6H,1-3,5,11H2,(H,12,15,18). The summed E-state index contributed by atoms with van der Waals surface area (Å²) >= 11 is 0. The molecule has 1 fully saturated rings. The zero-order valence-electron chi connectivity index (χ0n) is 10.1. The Bertz CT molecular complexity index is 586. The molecule has 0 saturated heterocycles. The predicted molar refractivity (Wildman–Crippen MR) is 62.8 cm³/mol. The minimum Gasteiger partial charge on any atom is -0.408 e. The van der Waals surface area contributed by atoms with E-state index in [-0.39, 0.29) is 25.0 Å². The minimum absolute atomic E-state index is 0.0220. The van der Waals surface area contributed by atoms with Crippen molar-refractivity contribution in [3.63, 3.8) is 0 Å². The third-order valence-corrected chi connectivity index (χ3v) is 2.71. The Morgan fingerprint density at radius 1 is 1.47 bits per heavy atom. The van der Waals surface area contributed by atoms with E-state index in [0.29, 0.717) is 17.5 Å². The van der Waals surface area contributed by atoms with Crippen molar-refractivity contribution in [1.82, 2.24) is 25.2 Å². The van der Waals surface area contributed by atoms with Crippen LogP contribution in [-0.2, 0) is 17.9 Å². The molecule has 0 spiro atoms. The van der Waals surface area contributed by atoms with Crippen molar-refractivity contribution in [2.75, 3.05) is 5.32 Å². The summed E-state index contributed by atoms with van der Waals surface area (Å²) in [6, 6.07) is 0.117. The summed E-state index contributed by atoms with van der Waals surface area (Å²) in [6.45, 7) is 0.310. The van der Waals surface area contributed by atoms with Crippen LogP contribution in [0, 0.1) is 0 Å². The lowest BCUT2D eigenvalue weighted by molar-refractivity contribution is -0.117. The van der Waals surface area contributed by atoms with Crippen molar-refractivity contribution in [1.29, 1.82) is 0 Å². The molecule has 0 atom stereocenters. The molecule has 9 heteroatoms. The largest absolute Gasteiger partial charge is 0.408 e. The van der Waals surface area contributed by atoms with Gasteiger partial charge in [0.05, 0.1) is 11.9 Å². The van der Waals surface area contributed by atoms with Crippen molar-refractivity contribution in [3.8, 4) is 0 Å². The molecule has 0 bridgehead atoms. The maximum Gasteiger partial charge on any atom is 0.322 e. The smallest absolute Gasteiger partial charge is 0.322 e. The molecule has 3 N–H and O–H groups in total. The Balaban J connectivity index is 1.57. The molecule has 0 aromatic carbocycles. The van der Waals surface area contributed by atoms with Gasteiger partial charge in [-0.25, -0.2) is 4.68 Å². The first-order valence-corrected chi connectivity index (χ1v) is 5.97. The number of nitrogens with zero attached hydrogens (tertiary/aromatic N) is 5. The van der Waals surface area contributed by atoms with E-state index in [2.05, 4.69) is 25.8 Å². The van der Waals surface area contributed by atoms with Gasteiger partial charge >= 0.3 is 6.01 Å². The summed E-state index contributed by atoms with van der Waals surface area (Å²) in [5.41, 5.74) is 6.03. The van der Waals surface area contributed by atoms with Crippen LogP contribution in [0.4, 0.5) is 6.01 Å². The molecule has 0 unspecified atom stereocenters. The average Bonchev–Trinajstić information content (AvgIpc) is 2.98. The second-order valence-corrected chi connectivity index (χ2v) is 4.38. The van der Waals surface area contributed by atoms with Crippen LogP contribution in [0.5, 0.6) is 0 Å². The predicted octanol–water partition coefficient (Wildman–Crippen LogP) is -0.364. The Kier molecular flexibility index (Phi) is 2.95. The van der Waals surface area contributed by atoms with Crippen molar-refractivity contribution in [2.45, 2.75) is 31.8 Å². The van der Waals surface area contributed by atoms with Crippen LogP contribution in [0.1, 0.15) is 30.3 Å². The summed E-state index contributed by atoms with van der Waals surface area (Å²) in [5.74, 6) is 0.640. The molecule has 9 nitrogen and oxygen atoms in total. The molecule has 0 aliphatic heterocycles. The summed E-state index contributed by atoms with van der Waals surface area (Å²) in [5, 5.41) is 17.7. The Morgan fingerprint density at radius 2 is 2.32 bits per heavy atom. The monoisotopic (exact) mass is 263 g/mol. The summed E-state index contributed by atoms with van der Waals surface area (Å²) < 4.78 is 6.72. The van der Waals surface area contributed by atoms with Gasteiger partial charge in [-0.3, -0.25) is 10.1 Å². The number of carbonyl (C=O) groups excluding carboxylic acids is 1. The van der Waals surface area contributed by atoms with E-state index in [1.54, 1.807) is 6.20 Å². The number of carbonyl (C=O) groups is 1. The van der Waals surface area contributed by atoms with E-state index in [4.69, 9.17) is 10.2 Å². The topological polar surface area (TPSA) is 125 Å². The minimum atomic E-state index is -0.306. The number of rotatable bonds is 5. The van der Waals surface area contributed by atoms with Crippen LogP contribution < -0.4 is 11.1 Å². The number of hydrogen-bond donors (Lipinski definition) is 2. The van der Waals surface area contributed by atoms with Gasteiger partial charge in [0.2, 0.25) is 11.8 Å². The number of aromatic nitrogens is 5. The molecular formula is C10H13N7O2. The molecule has 2 aromatic heterocycles. The molecule has 1 saturated carbocycles. The number of anilines is 1. The summed E-state index contributed by atoms with van der Waals surface area (Å²) in [7, 11) is 0. The van der Waals surface area contributed by atoms with E-state index < -0.39 is 0 Å². The van der Waals surface area contributed by atoms with Crippen molar-refractivity contribution < 1.29 is 9.21 Å². The third kappa shape index (κ3) is 2.76. The quantitative estimate of drug-likeness (QED) is 0.754. The van der Waals surface area contributed by atoms with Crippen LogP contribution in [-0.4, -0.2) is 31.1 Å². The highest BCUT2D eigenvalue weighted by Gasteiger charge is 2.29. The Hall–Kier alpha value is -2.29. The van der Waals surface area contributed by atoms with Crippen LogP contribution in [0.15, 0.2) is 10.6 Å². The fraction of sp³-hybridized carbons (Fsp3) is 0.500. The van der Waals surface area contributed by atoms with Gasteiger partial charge in [0.15, 0.2) is 0 Å². The van der Waals surface area contributed by atoms with Crippen LogP contribution in [0.25, 0.3) is 0 Å². The summed E-state index contributed by atoms with van der Waals surface area (Å²) in [6.07, 6.45) is 3.75. The highest BCUT2D eigenvalue weighted by atomic mass is 16.4. The molecule has 19 heavy (non-hydrogen) atoms. The molecule has 1 aliphatic carbocycles. The van der Waals surface area contributed by atoms with Gasteiger partial charge < -0.3 is 10.2 Å². The normalized spacial score (nSPS) is 14.6. The second kappa shape index (κ2) is 4.76. The molecule has 100 valence electrons.